The van der Waals surface area contributed by atoms with E-state index in [1.807, 2.05) is 0 Å². The van der Waals surface area contributed by atoms with Gasteiger partial charge in [0.05, 0.1) is 12.6 Å². The second-order valence-corrected chi connectivity index (χ2v) is 8.66. The van der Waals surface area contributed by atoms with E-state index in [2.05, 4.69) is 82.8 Å². The third-order valence-electron chi connectivity index (χ3n) is 6.31. The first-order valence-electron chi connectivity index (χ1n) is 11.4. The summed E-state index contributed by atoms with van der Waals surface area (Å²) in [5.74, 6) is -3.65. The van der Waals surface area contributed by atoms with Crippen LogP contribution in [0.1, 0.15) is 16.8 Å². The lowest BCUT2D eigenvalue weighted by atomic mass is 10.2. The van der Waals surface area contributed by atoms with Gasteiger partial charge >= 0.3 is 11.9 Å². The molecule has 0 radical (unpaired) electrons. The van der Waals surface area contributed by atoms with Crippen molar-refractivity contribution >= 4 is 22.8 Å². The number of nitrogens with zero attached hydrogens (tertiary/aromatic N) is 3. The summed E-state index contributed by atoms with van der Waals surface area (Å²) in [5, 5.41) is 26.8. The number of aliphatic carboxylic acids is 2. The number of β-amino-alcohol motifs (C(OH)–C–C–N with tert-alkyl or cyclic N) is 1. The van der Waals surface area contributed by atoms with Crippen molar-refractivity contribution in [1.29, 1.82) is 0 Å². The SMILES string of the molecule is Cc1c(C)n(CC(O)CN2CCN(Cc3ccccc3)CC2)c2ccccc12.O=C(O)C(=O)O. The molecular formula is C26H33N3O5. The summed E-state index contributed by atoms with van der Waals surface area (Å²) < 4.78 is 2.28. The van der Waals surface area contributed by atoms with Gasteiger partial charge in [0, 0.05) is 55.9 Å². The van der Waals surface area contributed by atoms with Gasteiger partial charge < -0.3 is 19.9 Å². The van der Waals surface area contributed by atoms with Crippen LogP contribution in [-0.4, -0.2) is 80.5 Å². The lowest BCUT2D eigenvalue weighted by molar-refractivity contribution is -0.159. The van der Waals surface area contributed by atoms with Crippen molar-refractivity contribution in [3.8, 4) is 0 Å². The summed E-state index contributed by atoms with van der Waals surface area (Å²) in [5.41, 5.74) is 5.18. The standard InChI is InChI=1S/C24H31N3O.C2H2O4/c1-19-20(2)27(24-11-7-6-10-23(19)24)18-22(28)17-26-14-12-25(13-15-26)16-21-8-4-3-5-9-21;3-1(4)2(5)6/h3-11,22,28H,12-18H2,1-2H3;(H,3,4)(H,5,6). The molecule has 3 aromatic rings. The van der Waals surface area contributed by atoms with Crippen LogP contribution in [-0.2, 0) is 22.7 Å². The van der Waals surface area contributed by atoms with Gasteiger partial charge in [-0.2, -0.15) is 0 Å². The molecule has 1 fully saturated rings. The summed E-state index contributed by atoms with van der Waals surface area (Å²) >= 11 is 0. The monoisotopic (exact) mass is 467 g/mol. The first-order chi connectivity index (χ1) is 16.3. The molecule has 1 atom stereocenters. The van der Waals surface area contributed by atoms with Crippen molar-refractivity contribution in [1.82, 2.24) is 14.4 Å². The number of carboxylic acid groups (broad SMARTS) is 2. The summed E-state index contributed by atoms with van der Waals surface area (Å²) in [6.07, 6.45) is -0.352. The Kier molecular flexibility index (Phi) is 8.81. The fourth-order valence-corrected chi connectivity index (χ4v) is 4.38. The molecule has 182 valence electrons. The summed E-state index contributed by atoms with van der Waals surface area (Å²) in [4.78, 5) is 23.1. The second-order valence-electron chi connectivity index (χ2n) is 8.66. The molecule has 0 bridgehead atoms. The van der Waals surface area contributed by atoms with Crippen molar-refractivity contribution in [2.75, 3.05) is 32.7 Å². The maximum Gasteiger partial charge on any atom is 0.414 e. The second kappa shape index (κ2) is 11.8. The average molecular weight is 468 g/mol. The van der Waals surface area contributed by atoms with Crippen LogP contribution in [0.5, 0.6) is 0 Å². The number of aryl methyl sites for hydroxylation is 1. The Balaban J connectivity index is 0.000000481. The van der Waals surface area contributed by atoms with Gasteiger partial charge in [-0.3, -0.25) is 9.80 Å². The van der Waals surface area contributed by atoms with Gasteiger partial charge in [-0.1, -0.05) is 48.5 Å². The smallest absolute Gasteiger partial charge is 0.414 e. The van der Waals surface area contributed by atoms with Gasteiger partial charge in [0.2, 0.25) is 0 Å². The highest BCUT2D eigenvalue weighted by molar-refractivity contribution is 6.27. The topological polar surface area (TPSA) is 106 Å². The van der Waals surface area contributed by atoms with Crippen LogP contribution >= 0.6 is 0 Å². The quantitative estimate of drug-likeness (QED) is 0.479. The first kappa shape index (κ1) is 25.4. The Morgan fingerprint density at radius 1 is 0.824 bits per heavy atom. The number of aliphatic hydroxyl groups is 1. The number of para-hydroxylation sites is 1. The van der Waals surface area contributed by atoms with E-state index in [-0.39, 0.29) is 6.10 Å². The van der Waals surface area contributed by atoms with E-state index in [0.29, 0.717) is 6.54 Å². The van der Waals surface area contributed by atoms with E-state index in [1.54, 1.807) is 0 Å². The fraction of sp³-hybridized carbons (Fsp3) is 0.385. The molecule has 0 amide bonds. The molecule has 1 saturated heterocycles. The third-order valence-corrected chi connectivity index (χ3v) is 6.31. The molecule has 0 aliphatic carbocycles. The highest BCUT2D eigenvalue weighted by atomic mass is 16.4. The molecular weight excluding hydrogens is 434 g/mol. The van der Waals surface area contributed by atoms with Crippen LogP contribution in [0.2, 0.25) is 0 Å². The molecule has 4 rings (SSSR count). The average Bonchev–Trinajstić information content (AvgIpc) is 3.06. The zero-order valence-corrected chi connectivity index (χ0v) is 19.7. The van der Waals surface area contributed by atoms with E-state index in [9.17, 15) is 5.11 Å². The number of benzene rings is 2. The van der Waals surface area contributed by atoms with E-state index < -0.39 is 11.9 Å². The van der Waals surface area contributed by atoms with Gasteiger partial charge in [0.15, 0.2) is 0 Å². The number of carboxylic acids is 2. The molecule has 8 nitrogen and oxygen atoms in total. The maximum atomic E-state index is 10.8. The molecule has 0 spiro atoms. The molecule has 1 unspecified atom stereocenters. The normalized spacial score (nSPS) is 15.5. The highest BCUT2D eigenvalue weighted by Gasteiger charge is 2.20. The minimum absolute atomic E-state index is 0.352. The van der Waals surface area contributed by atoms with Gasteiger partial charge in [0.25, 0.3) is 0 Å². The summed E-state index contributed by atoms with van der Waals surface area (Å²) in [6.45, 7) is 10.9. The lowest BCUT2D eigenvalue weighted by Gasteiger charge is -2.35. The third kappa shape index (κ3) is 6.66. The lowest BCUT2D eigenvalue weighted by Crippen LogP contribution is -2.48. The fourth-order valence-electron chi connectivity index (χ4n) is 4.38. The van der Waals surface area contributed by atoms with Crippen LogP contribution in [0, 0.1) is 13.8 Å². The highest BCUT2D eigenvalue weighted by Crippen LogP contribution is 2.25. The predicted molar refractivity (Wildman–Crippen MR) is 131 cm³/mol. The summed E-state index contributed by atoms with van der Waals surface area (Å²) in [7, 11) is 0. The van der Waals surface area contributed by atoms with Crippen molar-refractivity contribution in [3.05, 3.63) is 71.4 Å². The number of aliphatic hydroxyl groups excluding tert-OH is 1. The van der Waals surface area contributed by atoms with Gasteiger partial charge in [0.1, 0.15) is 0 Å². The molecule has 3 N–H and O–H groups in total. The van der Waals surface area contributed by atoms with Gasteiger partial charge in [-0.05, 0) is 31.0 Å². The Bertz CT molecular complexity index is 1090. The zero-order valence-electron chi connectivity index (χ0n) is 19.7. The number of aromatic nitrogens is 1. The molecule has 34 heavy (non-hydrogen) atoms. The largest absolute Gasteiger partial charge is 0.473 e. The Labute approximate surface area is 199 Å². The molecule has 0 saturated carbocycles. The van der Waals surface area contributed by atoms with Crippen molar-refractivity contribution in [2.24, 2.45) is 0 Å². The number of hydrogen-bond donors (Lipinski definition) is 3. The predicted octanol–water partition coefficient (Wildman–Crippen LogP) is 2.59. The molecule has 2 aromatic carbocycles. The first-order valence-corrected chi connectivity index (χ1v) is 11.4. The van der Waals surface area contributed by atoms with Gasteiger partial charge in [-0.25, -0.2) is 9.59 Å². The number of rotatable bonds is 6. The Hall–Kier alpha value is -3.20. The van der Waals surface area contributed by atoms with Crippen molar-refractivity contribution < 1.29 is 24.9 Å². The summed E-state index contributed by atoms with van der Waals surface area (Å²) in [6, 6.07) is 19.2. The maximum absolute atomic E-state index is 10.8. The van der Waals surface area contributed by atoms with Crippen LogP contribution in [0.4, 0.5) is 0 Å². The van der Waals surface area contributed by atoms with Crippen LogP contribution in [0.15, 0.2) is 54.6 Å². The number of fused-ring (bicyclic) bond motifs is 1. The van der Waals surface area contributed by atoms with E-state index in [0.717, 1.165) is 39.3 Å². The van der Waals surface area contributed by atoms with Crippen LogP contribution in [0.25, 0.3) is 10.9 Å². The van der Waals surface area contributed by atoms with Gasteiger partial charge in [-0.15, -0.1) is 0 Å². The molecule has 1 aliphatic heterocycles. The van der Waals surface area contributed by atoms with Crippen molar-refractivity contribution in [3.63, 3.8) is 0 Å². The van der Waals surface area contributed by atoms with E-state index in [4.69, 9.17) is 19.8 Å². The number of hydrogen-bond acceptors (Lipinski definition) is 5. The van der Waals surface area contributed by atoms with Crippen LogP contribution < -0.4 is 0 Å². The zero-order chi connectivity index (χ0) is 24.7. The number of carbonyl (C=O) groups is 2. The molecule has 8 heteroatoms. The van der Waals surface area contributed by atoms with Crippen molar-refractivity contribution in [2.45, 2.75) is 33.0 Å². The molecule has 1 aromatic heterocycles. The molecule has 2 heterocycles. The number of piperazine rings is 1. The molecule has 1 aliphatic rings. The minimum Gasteiger partial charge on any atom is -0.473 e. The van der Waals surface area contributed by atoms with E-state index in [1.165, 1.54) is 27.7 Å². The Morgan fingerprint density at radius 2 is 1.38 bits per heavy atom. The Morgan fingerprint density at radius 3 is 2.00 bits per heavy atom. The van der Waals surface area contributed by atoms with Crippen LogP contribution in [0.3, 0.4) is 0 Å². The minimum atomic E-state index is -1.82. The van der Waals surface area contributed by atoms with E-state index >= 15 is 0 Å².